The van der Waals surface area contributed by atoms with E-state index in [9.17, 15) is 0 Å². The van der Waals surface area contributed by atoms with Crippen molar-refractivity contribution >= 4 is 21.6 Å². The molecular formula is C13H15BrN4. The number of benzene rings is 1. The van der Waals surface area contributed by atoms with Gasteiger partial charge in [-0.05, 0) is 18.1 Å². The number of alkyl halides is 1. The number of aromatic nitrogens is 3. The molecule has 0 spiro atoms. The molecule has 1 N–H and O–H groups in total. The van der Waals surface area contributed by atoms with Gasteiger partial charge in [0.2, 0.25) is 0 Å². The Bertz CT molecular complexity index is 537. The second-order valence-corrected chi connectivity index (χ2v) is 5.24. The van der Waals surface area contributed by atoms with Gasteiger partial charge in [0.15, 0.2) is 0 Å². The molecule has 0 bridgehead atoms. The summed E-state index contributed by atoms with van der Waals surface area (Å²) in [6.45, 7) is 0.981. The normalized spacial score (nSPS) is 18.2. The molecule has 0 aliphatic carbocycles. The van der Waals surface area contributed by atoms with Gasteiger partial charge in [0.25, 0.3) is 0 Å². The third-order valence-corrected chi connectivity index (χ3v) is 3.68. The zero-order valence-electron chi connectivity index (χ0n) is 10.0. The summed E-state index contributed by atoms with van der Waals surface area (Å²) in [5.74, 6) is 0. The van der Waals surface area contributed by atoms with Crippen molar-refractivity contribution in [3.8, 4) is 0 Å². The number of aryl methyl sites for hydroxylation is 1. The van der Waals surface area contributed by atoms with Gasteiger partial charge in [-0.15, -0.1) is 5.10 Å². The van der Waals surface area contributed by atoms with E-state index in [0.717, 1.165) is 30.4 Å². The van der Waals surface area contributed by atoms with Gasteiger partial charge in [-0.1, -0.05) is 39.3 Å². The molecular weight excluding hydrogens is 292 g/mol. The molecule has 94 valence electrons. The summed E-state index contributed by atoms with van der Waals surface area (Å²) in [5, 5.41) is 12.8. The van der Waals surface area contributed by atoms with Crippen LogP contribution in [0.25, 0.3) is 0 Å². The van der Waals surface area contributed by atoms with Crippen LogP contribution < -0.4 is 5.32 Å². The fraction of sp³-hybridized carbons (Fsp3) is 0.385. The van der Waals surface area contributed by atoms with Gasteiger partial charge in [-0.2, -0.15) is 0 Å². The molecule has 2 heterocycles. The smallest absolute Gasteiger partial charge is 0.0835 e. The lowest BCUT2D eigenvalue weighted by molar-refractivity contribution is 0.477. The number of hydrogen-bond donors (Lipinski definition) is 1. The van der Waals surface area contributed by atoms with Crippen molar-refractivity contribution in [2.45, 2.75) is 18.9 Å². The van der Waals surface area contributed by atoms with Crippen LogP contribution in [0.1, 0.15) is 23.7 Å². The maximum absolute atomic E-state index is 4.28. The quantitative estimate of drug-likeness (QED) is 0.887. The Labute approximate surface area is 115 Å². The molecule has 4 nitrogen and oxygen atoms in total. The first-order valence-corrected chi connectivity index (χ1v) is 7.30. The number of rotatable bonds is 3. The Morgan fingerprint density at radius 1 is 1.39 bits per heavy atom. The lowest BCUT2D eigenvalue weighted by Crippen LogP contribution is -2.22. The van der Waals surface area contributed by atoms with E-state index in [0.29, 0.717) is 6.04 Å². The summed E-state index contributed by atoms with van der Waals surface area (Å²) in [7, 11) is 0. The van der Waals surface area contributed by atoms with Gasteiger partial charge in [0.1, 0.15) is 0 Å². The molecule has 2 aromatic rings. The second kappa shape index (κ2) is 5.10. The summed E-state index contributed by atoms with van der Waals surface area (Å²) in [4.78, 5) is 0. The molecule has 0 fully saturated rings. The van der Waals surface area contributed by atoms with Crippen molar-refractivity contribution in [2.24, 2.45) is 0 Å². The van der Waals surface area contributed by atoms with Crippen molar-refractivity contribution in [1.29, 1.82) is 0 Å². The van der Waals surface area contributed by atoms with E-state index in [1.165, 1.54) is 11.3 Å². The SMILES string of the molecule is BrCCc1cn(C2CCNc3ccccc32)nn1. The molecule has 1 aromatic carbocycles. The first kappa shape index (κ1) is 11.7. The van der Waals surface area contributed by atoms with Crippen LogP contribution in [0.2, 0.25) is 0 Å². The maximum atomic E-state index is 4.28. The molecule has 5 heteroatoms. The molecule has 1 aliphatic rings. The topological polar surface area (TPSA) is 42.7 Å². The van der Waals surface area contributed by atoms with Gasteiger partial charge in [0.05, 0.1) is 11.7 Å². The van der Waals surface area contributed by atoms with E-state index in [4.69, 9.17) is 0 Å². The average Bonchev–Trinajstić information content (AvgIpc) is 2.87. The van der Waals surface area contributed by atoms with E-state index < -0.39 is 0 Å². The van der Waals surface area contributed by atoms with Gasteiger partial charge in [-0.25, -0.2) is 4.68 Å². The summed E-state index contributed by atoms with van der Waals surface area (Å²) in [6.07, 6.45) is 4.04. The minimum atomic E-state index is 0.305. The van der Waals surface area contributed by atoms with E-state index in [1.807, 2.05) is 4.68 Å². The predicted molar refractivity (Wildman–Crippen MR) is 75.2 cm³/mol. The summed E-state index contributed by atoms with van der Waals surface area (Å²) in [5.41, 5.74) is 3.56. The number of para-hydroxylation sites is 1. The van der Waals surface area contributed by atoms with Crippen LogP contribution >= 0.6 is 15.9 Å². The van der Waals surface area contributed by atoms with Gasteiger partial charge in [0, 0.05) is 30.2 Å². The number of fused-ring (bicyclic) bond motifs is 1. The van der Waals surface area contributed by atoms with Crippen LogP contribution in [0.15, 0.2) is 30.5 Å². The Morgan fingerprint density at radius 2 is 2.28 bits per heavy atom. The van der Waals surface area contributed by atoms with Crippen LogP contribution in [0, 0.1) is 0 Å². The highest BCUT2D eigenvalue weighted by Crippen LogP contribution is 2.31. The number of halogens is 1. The van der Waals surface area contributed by atoms with Crippen molar-refractivity contribution < 1.29 is 0 Å². The van der Waals surface area contributed by atoms with E-state index in [1.54, 1.807) is 0 Å². The number of nitrogens with zero attached hydrogens (tertiary/aromatic N) is 3. The van der Waals surface area contributed by atoms with E-state index in [-0.39, 0.29) is 0 Å². The number of anilines is 1. The van der Waals surface area contributed by atoms with Crippen LogP contribution in [-0.2, 0) is 6.42 Å². The first-order chi connectivity index (χ1) is 8.88. The fourth-order valence-corrected chi connectivity index (χ4v) is 2.81. The van der Waals surface area contributed by atoms with E-state index in [2.05, 4.69) is 62.0 Å². The van der Waals surface area contributed by atoms with Crippen LogP contribution in [-0.4, -0.2) is 26.9 Å². The molecule has 0 amide bonds. The molecule has 0 radical (unpaired) electrons. The zero-order chi connectivity index (χ0) is 12.4. The van der Waals surface area contributed by atoms with E-state index >= 15 is 0 Å². The third kappa shape index (κ3) is 2.14. The maximum Gasteiger partial charge on any atom is 0.0835 e. The highest BCUT2D eigenvalue weighted by molar-refractivity contribution is 9.09. The lowest BCUT2D eigenvalue weighted by atomic mass is 9.98. The van der Waals surface area contributed by atoms with Crippen LogP contribution in [0.4, 0.5) is 5.69 Å². The van der Waals surface area contributed by atoms with Crippen molar-refractivity contribution in [3.63, 3.8) is 0 Å². The number of nitrogens with one attached hydrogen (secondary N) is 1. The second-order valence-electron chi connectivity index (χ2n) is 4.45. The van der Waals surface area contributed by atoms with Gasteiger partial charge >= 0.3 is 0 Å². The Hall–Kier alpha value is -1.36. The Kier molecular flexibility index (Phi) is 3.32. The molecule has 3 rings (SSSR count). The van der Waals surface area contributed by atoms with Gasteiger partial charge in [-0.3, -0.25) is 0 Å². The highest BCUT2D eigenvalue weighted by Gasteiger charge is 2.22. The molecule has 1 atom stereocenters. The average molecular weight is 307 g/mol. The third-order valence-electron chi connectivity index (χ3n) is 3.28. The van der Waals surface area contributed by atoms with Gasteiger partial charge < -0.3 is 5.32 Å². The van der Waals surface area contributed by atoms with Crippen LogP contribution in [0.3, 0.4) is 0 Å². The zero-order valence-corrected chi connectivity index (χ0v) is 11.6. The molecule has 18 heavy (non-hydrogen) atoms. The fourth-order valence-electron chi connectivity index (χ4n) is 2.40. The van der Waals surface area contributed by atoms with Crippen molar-refractivity contribution in [2.75, 3.05) is 17.2 Å². The standard InChI is InChI=1S/C13H15BrN4/c14-7-5-10-9-18(17-16-10)13-6-8-15-12-4-2-1-3-11(12)13/h1-4,9,13,15H,5-8H2. The summed E-state index contributed by atoms with van der Waals surface area (Å²) >= 11 is 3.43. The monoisotopic (exact) mass is 306 g/mol. The van der Waals surface area contributed by atoms with Crippen LogP contribution in [0.5, 0.6) is 0 Å². The summed E-state index contributed by atoms with van der Waals surface area (Å²) in [6, 6.07) is 8.73. The Balaban J connectivity index is 1.92. The van der Waals surface area contributed by atoms with Crippen molar-refractivity contribution in [1.82, 2.24) is 15.0 Å². The molecule has 1 aliphatic heterocycles. The predicted octanol–water partition coefficient (Wildman–Crippen LogP) is 2.62. The molecule has 1 unspecified atom stereocenters. The first-order valence-electron chi connectivity index (χ1n) is 6.18. The minimum Gasteiger partial charge on any atom is -0.385 e. The molecule has 0 saturated carbocycles. The summed E-state index contributed by atoms with van der Waals surface area (Å²) < 4.78 is 2.00. The largest absolute Gasteiger partial charge is 0.385 e. The number of hydrogen-bond acceptors (Lipinski definition) is 3. The van der Waals surface area contributed by atoms with Crippen molar-refractivity contribution in [3.05, 3.63) is 41.7 Å². The Morgan fingerprint density at radius 3 is 3.17 bits per heavy atom. The highest BCUT2D eigenvalue weighted by atomic mass is 79.9. The molecule has 1 aromatic heterocycles. The lowest BCUT2D eigenvalue weighted by Gasteiger charge is -2.26. The minimum absolute atomic E-state index is 0.305. The molecule has 0 saturated heterocycles.